The van der Waals surface area contributed by atoms with Gasteiger partial charge in [-0.15, -0.1) is 6.58 Å². The van der Waals surface area contributed by atoms with Crippen LogP contribution in [-0.4, -0.2) is 13.1 Å². The van der Waals surface area contributed by atoms with Gasteiger partial charge in [0.15, 0.2) is 0 Å². The van der Waals surface area contributed by atoms with Crippen LogP contribution in [0.2, 0.25) is 0 Å². The summed E-state index contributed by atoms with van der Waals surface area (Å²) in [6, 6.07) is 17.5. The molecule has 0 atom stereocenters. The van der Waals surface area contributed by atoms with E-state index in [-0.39, 0.29) is 5.97 Å². The maximum absolute atomic E-state index is 11.6. The van der Waals surface area contributed by atoms with Crippen LogP contribution in [0.4, 0.5) is 0 Å². The van der Waals surface area contributed by atoms with Crippen LogP contribution in [0.25, 0.3) is 10.8 Å². The van der Waals surface area contributed by atoms with E-state index in [4.69, 9.17) is 14.2 Å². The van der Waals surface area contributed by atoms with E-state index >= 15 is 0 Å². The number of esters is 1. The standard InChI is InChI=1S/C23H22O4/c1-4-9-18-14-21(27-16(2)24)22-19(12-8-13-20(22)25-3)23(18)26-15-17-10-6-5-7-11-17/h4-8,10-14H,1,9,15H2,2-3H3. The third-order valence-electron chi connectivity index (χ3n) is 4.18. The number of carbonyl (C=O) groups excluding carboxylic acids is 1. The number of carbonyl (C=O) groups is 1. The van der Waals surface area contributed by atoms with E-state index in [9.17, 15) is 4.79 Å². The highest BCUT2D eigenvalue weighted by molar-refractivity contribution is 6.00. The summed E-state index contributed by atoms with van der Waals surface area (Å²) in [7, 11) is 1.59. The number of methoxy groups -OCH3 is 1. The summed E-state index contributed by atoms with van der Waals surface area (Å²) >= 11 is 0. The Morgan fingerprint density at radius 2 is 1.85 bits per heavy atom. The van der Waals surface area contributed by atoms with Crippen LogP contribution in [0.1, 0.15) is 18.1 Å². The summed E-state index contributed by atoms with van der Waals surface area (Å²) < 4.78 is 17.2. The zero-order chi connectivity index (χ0) is 19.2. The molecule has 0 bridgehead atoms. The lowest BCUT2D eigenvalue weighted by Gasteiger charge is -2.18. The van der Waals surface area contributed by atoms with E-state index in [0.29, 0.717) is 29.9 Å². The predicted molar refractivity (Wildman–Crippen MR) is 106 cm³/mol. The SMILES string of the molecule is C=CCc1cc(OC(C)=O)c2c(OC)cccc2c1OCc1ccccc1. The van der Waals surface area contributed by atoms with Crippen molar-refractivity contribution in [3.63, 3.8) is 0 Å². The van der Waals surface area contributed by atoms with Crippen LogP contribution >= 0.6 is 0 Å². The minimum Gasteiger partial charge on any atom is -0.496 e. The van der Waals surface area contributed by atoms with E-state index in [1.54, 1.807) is 13.2 Å². The Bertz CT molecular complexity index is 961. The number of hydrogen-bond donors (Lipinski definition) is 0. The van der Waals surface area contributed by atoms with Crippen molar-refractivity contribution in [2.24, 2.45) is 0 Å². The maximum Gasteiger partial charge on any atom is 0.308 e. The molecule has 0 fully saturated rings. The average molecular weight is 362 g/mol. The van der Waals surface area contributed by atoms with Gasteiger partial charge in [0, 0.05) is 17.9 Å². The van der Waals surface area contributed by atoms with Gasteiger partial charge in [0.2, 0.25) is 0 Å². The molecule has 0 unspecified atom stereocenters. The molecule has 0 radical (unpaired) electrons. The number of benzene rings is 3. The molecule has 0 aromatic heterocycles. The molecule has 0 aliphatic heterocycles. The topological polar surface area (TPSA) is 44.8 Å². The van der Waals surface area contributed by atoms with E-state index < -0.39 is 0 Å². The van der Waals surface area contributed by atoms with Crippen molar-refractivity contribution in [2.75, 3.05) is 7.11 Å². The van der Waals surface area contributed by atoms with Crippen LogP contribution in [-0.2, 0) is 17.8 Å². The highest BCUT2D eigenvalue weighted by Crippen LogP contribution is 2.42. The molecule has 27 heavy (non-hydrogen) atoms. The monoisotopic (exact) mass is 362 g/mol. The Morgan fingerprint density at radius 3 is 2.52 bits per heavy atom. The van der Waals surface area contributed by atoms with Gasteiger partial charge in [-0.25, -0.2) is 0 Å². The van der Waals surface area contributed by atoms with Gasteiger partial charge in [0.1, 0.15) is 23.9 Å². The summed E-state index contributed by atoms with van der Waals surface area (Å²) in [4.78, 5) is 11.6. The van der Waals surface area contributed by atoms with Crippen LogP contribution in [0, 0.1) is 0 Å². The number of allylic oxidation sites excluding steroid dienone is 1. The molecule has 0 spiro atoms. The molecule has 0 aliphatic rings. The molecule has 3 rings (SSSR count). The fraction of sp³-hybridized carbons (Fsp3) is 0.174. The number of ether oxygens (including phenoxy) is 3. The summed E-state index contributed by atoms with van der Waals surface area (Å²) in [5, 5.41) is 1.55. The Morgan fingerprint density at radius 1 is 1.07 bits per heavy atom. The molecule has 3 aromatic carbocycles. The minimum atomic E-state index is -0.385. The zero-order valence-corrected chi connectivity index (χ0v) is 15.5. The highest BCUT2D eigenvalue weighted by atomic mass is 16.5. The van der Waals surface area contributed by atoms with E-state index in [1.807, 2.05) is 54.6 Å². The molecular weight excluding hydrogens is 340 g/mol. The lowest BCUT2D eigenvalue weighted by molar-refractivity contribution is -0.131. The van der Waals surface area contributed by atoms with Crippen molar-refractivity contribution >= 4 is 16.7 Å². The van der Waals surface area contributed by atoms with Gasteiger partial charge < -0.3 is 14.2 Å². The first-order valence-corrected chi connectivity index (χ1v) is 8.72. The van der Waals surface area contributed by atoms with Gasteiger partial charge in [-0.05, 0) is 24.1 Å². The Hall–Kier alpha value is -3.27. The highest BCUT2D eigenvalue weighted by Gasteiger charge is 2.18. The summed E-state index contributed by atoms with van der Waals surface area (Å²) in [5.74, 6) is 1.44. The molecule has 0 saturated carbocycles. The Kier molecular flexibility index (Phi) is 5.77. The Labute approximate surface area is 159 Å². The van der Waals surface area contributed by atoms with Gasteiger partial charge in [0.25, 0.3) is 0 Å². The first kappa shape index (κ1) is 18.5. The fourth-order valence-electron chi connectivity index (χ4n) is 3.06. The molecule has 138 valence electrons. The lowest BCUT2D eigenvalue weighted by Crippen LogP contribution is -2.05. The van der Waals surface area contributed by atoms with Crippen LogP contribution < -0.4 is 14.2 Å². The normalized spacial score (nSPS) is 10.4. The smallest absolute Gasteiger partial charge is 0.308 e. The second-order valence-corrected chi connectivity index (χ2v) is 6.11. The average Bonchev–Trinajstić information content (AvgIpc) is 2.67. The van der Waals surface area contributed by atoms with Gasteiger partial charge in [-0.2, -0.15) is 0 Å². The van der Waals surface area contributed by atoms with Crippen molar-refractivity contribution in [3.05, 3.63) is 78.4 Å². The van der Waals surface area contributed by atoms with Crippen LogP contribution in [0.3, 0.4) is 0 Å². The summed E-state index contributed by atoms with van der Waals surface area (Å²) in [6.45, 7) is 5.65. The molecular formula is C23H22O4. The molecule has 0 N–H and O–H groups in total. The zero-order valence-electron chi connectivity index (χ0n) is 15.5. The van der Waals surface area contributed by atoms with Crippen molar-refractivity contribution in [1.82, 2.24) is 0 Å². The molecule has 3 aromatic rings. The fourth-order valence-corrected chi connectivity index (χ4v) is 3.06. The molecule has 0 aliphatic carbocycles. The molecule has 0 amide bonds. The lowest BCUT2D eigenvalue weighted by atomic mass is 10.0. The third kappa shape index (κ3) is 4.11. The van der Waals surface area contributed by atoms with Gasteiger partial charge >= 0.3 is 5.97 Å². The first-order valence-electron chi connectivity index (χ1n) is 8.72. The van der Waals surface area contributed by atoms with Crippen molar-refractivity contribution < 1.29 is 19.0 Å². The van der Waals surface area contributed by atoms with Crippen molar-refractivity contribution in [3.8, 4) is 17.2 Å². The van der Waals surface area contributed by atoms with Crippen molar-refractivity contribution in [1.29, 1.82) is 0 Å². The van der Waals surface area contributed by atoms with E-state index in [2.05, 4.69) is 6.58 Å². The molecule has 4 nitrogen and oxygen atoms in total. The number of rotatable bonds is 7. The quantitative estimate of drug-likeness (QED) is 0.334. The second-order valence-electron chi connectivity index (χ2n) is 6.11. The predicted octanol–water partition coefficient (Wildman–Crippen LogP) is 5.08. The number of hydrogen-bond acceptors (Lipinski definition) is 4. The molecule has 4 heteroatoms. The van der Waals surface area contributed by atoms with Gasteiger partial charge in [-0.3, -0.25) is 4.79 Å². The van der Waals surface area contributed by atoms with Crippen molar-refractivity contribution in [2.45, 2.75) is 20.0 Å². The first-order chi connectivity index (χ1) is 13.1. The van der Waals surface area contributed by atoms with E-state index in [1.165, 1.54) is 6.92 Å². The van der Waals surface area contributed by atoms with Crippen LogP contribution in [0.15, 0.2) is 67.3 Å². The molecule has 0 heterocycles. The summed E-state index contributed by atoms with van der Waals surface area (Å²) in [6.07, 6.45) is 2.39. The second kappa shape index (κ2) is 8.41. The number of fused-ring (bicyclic) bond motifs is 1. The van der Waals surface area contributed by atoms with E-state index in [0.717, 1.165) is 22.3 Å². The molecule has 0 saturated heterocycles. The van der Waals surface area contributed by atoms with Gasteiger partial charge in [0.05, 0.1) is 12.5 Å². The summed E-state index contributed by atoms with van der Waals surface area (Å²) in [5.41, 5.74) is 1.97. The maximum atomic E-state index is 11.6. The third-order valence-corrected chi connectivity index (χ3v) is 4.18. The minimum absolute atomic E-state index is 0.385. The largest absolute Gasteiger partial charge is 0.496 e. The Balaban J connectivity index is 2.16. The van der Waals surface area contributed by atoms with Crippen LogP contribution in [0.5, 0.6) is 17.2 Å². The van der Waals surface area contributed by atoms with Gasteiger partial charge in [-0.1, -0.05) is 48.5 Å².